The van der Waals surface area contributed by atoms with Crippen molar-refractivity contribution in [2.45, 2.75) is 39.2 Å². The summed E-state index contributed by atoms with van der Waals surface area (Å²) in [5.41, 5.74) is 4.24. The first-order chi connectivity index (χ1) is 7.66. The molecule has 1 aliphatic carbocycles. The summed E-state index contributed by atoms with van der Waals surface area (Å²) in [6.45, 7) is 2.33. The van der Waals surface area contributed by atoms with Crippen molar-refractivity contribution in [1.82, 2.24) is 4.90 Å². The van der Waals surface area contributed by atoms with Gasteiger partial charge in [-0.25, -0.2) is 0 Å². The van der Waals surface area contributed by atoms with Crippen molar-refractivity contribution in [3.8, 4) is 0 Å². The maximum Gasteiger partial charge on any atom is 0.219 e. The van der Waals surface area contributed by atoms with E-state index in [-0.39, 0.29) is 5.91 Å². The first kappa shape index (κ1) is 11.2. The van der Waals surface area contributed by atoms with Gasteiger partial charge in [0.15, 0.2) is 0 Å². The molecule has 2 nitrogen and oxygen atoms in total. The number of fused-ring (bicyclic) bond motifs is 1. The zero-order chi connectivity index (χ0) is 11.5. The zero-order valence-corrected chi connectivity index (χ0v) is 10.1. The van der Waals surface area contributed by atoms with Crippen LogP contribution in [-0.2, 0) is 24.2 Å². The Bertz CT molecular complexity index is 398. The standard InChI is InChI=1S/C14H19NO/c1-11(16)15(2)10-12-7-8-13-5-3-4-6-14(13)9-12/h7-9H,3-6,10H2,1-2H3. The number of hydrogen-bond donors (Lipinski definition) is 0. The minimum absolute atomic E-state index is 0.123. The SMILES string of the molecule is CC(=O)N(C)Cc1ccc2c(c1)CCCC2. The van der Waals surface area contributed by atoms with Crippen molar-refractivity contribution < 1.29 is 4.79 Å². The van der Waals surface area contributed by atoms with Crippen LogP contribution >= 0.6 is 0 Å². The lowest BCUT2D eigenvalue weighted by Gasteiger charge is -2.19. The lowest BCUT2D eigenvalue weighted by Crippen LogP contribution is -2.23. The van der Waals surface area contributed by atoms with E-state index >= 15 is 0 Å². The van der Waals surface area contributed by atoms with E-state index < -0.39 is 0 Å². The van der Waals surface area contributed by atoms with Crippen LogP contribution in [0.2, 0.25) is 0 Å². The highest BCUT2D eigenvalue weighted by atomic mass is 16.2. The molecule has 2 heteroatoms. The van der Waals surface area contributed by atoms with Crippen molar-refractivity contribution >= 4 is 5.91 Å². The first-order valence-corrected chi connectivity index (χ1v) is 5.99. The highest BCUT2D eigenvalue weighted by molar-refractivity contribution is 5.72. The normalized spacial score (nSPS) is 14.4. The van der Waals surface area contributed by atoms with Gasteiger partial charge < -0.3 is 4.90 Å². The molecule has 0 fully saturated rings. The summed E-state index contributed by atoms with van der Waals surface area (Å²) in [7, 11) is 1.85. The third-order valence-electron chi connectivity index (χ3n) is 3.37. The average molecular weight is 217 g/mol. The second-order valence-electron chi connectivity index (χ2n) is 4.69. The van der Waals surface area contributed by atoms with Crippen LogP contribution in [0.5, 0.6) is 0 Å². The van der Waals surface area contributed by atoms with E-state index in [2.05, 4.69) is 18.2 Å². The molecule has 1 aromatic carbocycles. The fraction of sp³-hybridized carbons (Fsp3) is 0.500. The summed E-state index contributed by atoms with van der Waals surface area (Å²) in [6, 6.07) is 6.66. The molecule has 86 valence electrons. The number of nitrogens with zero attached hydrogens (tertiary/aromatic N) is 1. The predicted molar refractivity (Wildman–Crippen MR) is 65.2 cm³/mol. The number of rotatable bonds is 2. The summed E-state index contributed by atoms with van der Waals surface area (Å²) in [5, 5.41) is 0. The molecule has 0 saturated carbocycles. The number of benzene rings is 1. The van der Waals surface area contributed by atoms with Gasteiger partial charge in [-0.05, 0) is 42.4 Å². The van der Waals surface area contributed by atoms with Gasteiger partial charge in [0.1, 0.15) is 0 Å². The van der Waals surface area contributed by atoms with Crippen LogP contribution in [0.4, 0.5) is 0 Å². The molecule has 0 saturated heterocycles. The van der Waals surface area contributed by atoms with E-state index in [1.165, 1.54) is 42.4 Å². The Morgan fingerprint density at radius 2 is 1.94 bits per heavy atom. The van der Waals surface area contributed by atoms with Gasteiger partial charge in [-0.1, -0.05) is 18.2 Å². The van der Waals surface area contributed by atoms with E-state index in [4.69, 9.17) is 0 Å². The van der Waals surface area contributed by atoms with Gasteiger partial charge >= 0.3 is 0 Å². The minimum Gasteiger partial charge on any atom is -0.342 e. The lowest BCUT2D eigenvalue weighted by molar-refractivity contribution is -0.128. The van der Waals surface area contributed by atoms with Gasteiger partial charge in [0.25, 0.3) is 0 Å². The maximum absolute atomic E-state index is 11.2. The monoisotopic (exact) mass is 217 g/mol. The van der Waals surface area contributed by atoms with Crippen LogP contribution in [0.15, 0.2) is 18.2 Å². The number of amides is 1. The van der Waals surface area contributed by atoms with Crippen molar-refractivity contribution in [3.05, 3.63) is 34.9 Å². The summed E-state index contributed by atoms with van der Waals surface area (Å²) in [4.78, 5) is 12.9. The molecule has 0 N–H and O–H groups in total. The van der Waals surface area contributed by atoms with Crippen LogP contribution < -0.4 is 0 Å². The van der Waals surface area contributed by atoms with E-state index in [0.29, 0.717) is 0 Å². The summed E-state index contributed by atoms with van der Waals surface area (Å²) < 4.78 is 0. The largest absolute Gasteiger partial charge is 0.342 e. The number of carbonyl (C=O) groups excluding carboxylic acids is 1. The molecule has 16 heavy (non-hydrogen) atoms. The van der Waals surface area contributed by atoms with E-state index in [1.54, 1.807) is 11.8 Å². The van der Waals surface area contributed by atoms with Crippen LogP contribution in [0.3, 0.4) is 0 Å². The Labute approximate surface area is 97.3 Å². The van der Waals surface area contributed by atoms with Crippen LogP contribution in [0, 0.1) is 0 Å². The highest BCUT2D eigenvalue weighted by Crippen LogP contribution is 2.22. The molecule has 0 heterocycles. The van der Waals surface area contributed by atoms with Crippen molar-refractivity contribution in [2.75, 3.05) is 7.05 Å². The topological polar surface area (TPSA) is 20.3 Å². The summed E-state index contributed by atoms with van der Waals surface area (Å²) in [5.74, 6) is 0.123. The van der Waals surface area contributed by atoms with Crippen molar-refractivity contribution in [2.24, 2.45) is 0 Å². The Balaban J connectivity index is 2.14. The van der Waals surface area contributed by atoms with Crippen LogP contribution in [-0.4, -0.2) is 17.9 Å². The highest BCUT2D eigenvalue weighted by Gasteiger charge is 2.10. The molecule has 0 spiro atoms. The van der Waals surface area contributed by atoms with Gasteiger partial charge in [0.2, 0.25) is 5.91 Å². The van der Waals surface area contributed by atoms with Crippen molar-refractivity contribution in [3.63, 3.8) is 0 Å². The number of carbonyl (C=O) groups is 1. The fourth-order valence-electron chi connectivity index (χ4n) is 2.27. The second-order valence-corrected chi connectivity index (χ2v) is 4.69. The molecule has 0 radical (unpaired) electrons. The number of hydrogen-bond acceptors (Lipinski definition) is 1. The molecular weight excluding hydrogens is 198 g/mol. The van der Waals surface area contributed by atoms with Gasteiger partial charge in [-0.15, -0.1) is 0 Å². The molecular formula is C14H19NO. The summed E-state index contributed by atoms with van der Waals surface area (Å²) >= 11 is 0. The Kier molecular flexibility index (Phi) is 3.28. The average Bonchev–Trinajstić information content (AvgIpc) is 2.28. The number of aryl methyl sites for hydroxylation is 2. The Hall–Kier alpha value is -1.31. The molecule has 1 aromatic rings. The molecule has 1 aliphatic rings. The lowest BCUT2D eigenvalue weighted by atomic mass is 9.90. The van der Waals surface area contributed by atoms with Crippen LogP contribution in [0.25, 0.3) is 0 Å². The van der Waals surface area contributed by atoms with E-state index in [9.17, 15) is 4.79 Å². The van der Waals surface area contributed by atoms with E-state index in [1.807, 2.05) is 7.05 Å². The third-order valence-corrected chi connectivity index (χ3v) is 3.37. The third kappa shape index (κ3) is 2.43. The zero-order valence-electron chi connectivity index (χ0n) is 10.1. The van der Waals surface area contributed by atoms with Gasteiger partial charge in [-0.2, -0.15) is 0 Å². The Morgan fingerprint density at radius 1 is 1.25 bits per heavy atom. The van der Waals surface area contributed by atoms with E-state index in [0.717, 1.165) is 6.54 Å². The van der Waals surface area contributed by atoms with Gasteiger partial charge in [0.05, 0.1) is 0 Å². The van der Waals surface area contributed by atoms with Crippen molar-refractivity contribution in [1.29, 1.82) is 0 Å². The minimum atomic E-state index is 0.123. The molecule has 0 aromatic heterocycles. The maximum atomic E-state index is 11.2. The molecule has 0 aliphatic heterocycles. The van der Waals surface area contributed by atoms with Crippen LogP contribution in [0.1, 0.15) is 36.5 Å². The van der Waals surface area contributed by atoms with Gasteiger partial charge in [0, 0.05) is 20.5 Å². The molecule has 1 amide bonds. The first-order valence-electron chi connectivity index (χ1n) is 5.99. The molecule has 0 atom stereocenters. The fourth-order valence-corrected chi connectivity index (χ4v) is 2.27. The van der Waals surface area contributed by atoms with Gasteiger partial charge in [-0.3, -0.25) is 4.79 Å². The summed E-state index contributed by atoms with van der Waals surface area (Å²) in [6.07, 6.45) is 5.05. The molecule has 0 bridgehead atoms. The Morgan fingerprint density at radius 3 is 2.62 bits per heavy atom. The predicted octanol–water partition coefficient (Wildman–Crippen LogP) is 2.54. The quantitative estimate of drug-likeness (QED) is 0.745. The second kappa shape index (κ2) is 4.69. The molecule has 2 rings (SSSR count). The molecule has 0 unspecified atom stereocenters. The smallest absolute Gasteiger partial charge is 0.219 e.